The number of benzene rings is 1. The highest BCUT2D eigenvalue weighted by Crippen LogP contribution is 2.32. The van der Waals surface area contributed by atoms with Gasteiger partial charge in [0.05, 0.1) is 11.5 Å². The molecule has 1 N–H and O–H groups in total. The molecule has 8 heteroatoms. The van der Waals surface area contributed by atoms with Crippen LogP contribution in [0.1, 0.15) is 12.5 Å². The van der Waals surface area contributed by atoms with Gasteiger partial charge in [0, 0.05) is 18.7 Å². The number of aliphatic hydroxyl groups excluding tert-OH is 1. The van der Waals surface area contributed by atoms with Crippen molar-refractivity contribution in [2.45, 2.75) is 6.92 Å². The summed E-state index contributed by atoms with van der Waals surface area (Å²) in [7, 11) is 0. The van der Waals surface area contributed by atoms with Crippen LogP contribution < -0.4 is 0 Å². The van der Waals surface area contributed by atoms with Crippen molar-refractivity contribution >= 4 is 46.2 Å². The molecule has 1 aliphatic heterocycles. The van der Waals surface area contributed by atoms with Gasteiger partial charge in [-0.25, -0.2) is 4.39 Å². The maximum Gasteiger partial charge on any atom is 0.266 e. The molecule has 0 atom stereocenters. The average Bonchev–Trinajstić information content (AvgIpc) is 2.82. The standard InChI is InChI=1S/C16H17FN2O3S2/c1-2-18(7-8-20)14(21)10-19-15(22)13(24-16(19)23)9-11-5-3-4-6-12(11)17/h3-6,9,20H,2,7-8,10H2,1H3/b13-9-. The molecule has 1 saturated heterocycles. The first-order chi connectivity index (χ1) is 11.5. The fourth-order valence-electron chi connectivity index (χ4n) is 2.18. The third-order valence-corrected chi connectivity index (χ3v) is 4.84. The lowest BCUT2D eigenvalue weighted by Gasteiger charge is -2.22. The lowest BCUT2D eigenvalue weighted by molar-refractivity contribution is -0.135. The van der Waals surface area contributed by atoms with Gasteiger partial charge in [-0.05, 0) is 19.1 Å². The molecule has 1 aromatic rings. The second-order valence-electron chi connectivity index (χ2n) is 4.99. The Balaban J connectivity index is 2.14. The van der Waals surface area contributed by atoms with Crippen LogP contribution in [-0.4, -0.2) is 57.3 Å². The number of carbonyl (C=O) groups is 2. The van der Waals surface area contributed by atoms with Crippen LogP contribution in [-0.2, 0) is 9.59 Å². The molecule has 128 valence electrons. The Morgan fingerprint density at radius 2 is 2.17 bits per heavy atom. The van der Waals surface area contributed by atoms with Crippen LogP contribution in [0.2, 0.25) is 0 Å². The van der Waals surface area contributed by atoms with Crippen molar-refractivity contribution in [1.29, 1.82) is 0 Å². The molecule has 0 saturated carbocycles. The fraction of sp³-hybridized carbons (Fsp3) is 0.312. The smallest absolute Gasteiger partial charge is 0.266 e. The van der Waals surface area contributed by atoms with E-state index in [1.807, 2.05) is 0 Å². The minimum absolute atomic E-state index is 0.148. The molecule has 0 aromatic heterocycles. The summed E-state index contributed by atoms with van der Waals surface area (Å²) in [4.78, 5) is 27.6. The number of carbonyl (C=O) groups excluding carboxylic acids is 2. The van der Waals surface area contributed by atoms with Gasteiger partial charge in [0.1, 0.15) is 16.7 Å². The highest BCUT2D eigenvalue weighted by Gasteiger charge is 2.34. The quantitative estimate of drug-likeness (QED) is 0.614. The Kier molecular flexibility index (Phi) is 6.47. The van der Waals surface area contributed by atoms with Gasteiger partial charge < -0.3 is 10.0 Å². The maximum absolute atomic E-state index is 13.7. The number of likely N-dealkylation sites (N-methyl/N-ethyl adjacent to an activating group) is 1. The van der Waals surface area contributed by atoms with Crippen LogP contribution in [0.25, 0.3) is 6.08 Å². The van der Waals surface area contributed by atoms with Crippen LogP contribution in [0.15, 0.2) is 29.2 Å². The van der Waals surface area contributed by atoms with Crippen molar-refractivity contribution in [3.63, 3.8) is 0 Å². The molecule has 24 heavy (non-hydrogen) atoms. The second kappa shape index (κ2) is 8.36. The van der Waals surface area contributed by atoms with Gasteiger partial charge >= 0.3 is 0 Å². The normalized spacial score (nSPS) is 16.1. The van der Waals surface area contributed by atoms with E-state index in [0.717, 1.165) is 11.8 Å². The summed E-state index contributed by atoms with van der Waals surface area (Å²) in [6.45, 7) is 2.09. The molecule has 2 rings (SSSR count). The molecule has 0 radical (unpaired) electrons. The SMILES string of the molecule is CCN(CCO)C(=O)CN1C(=O)/C(=C/c2ccccc2F)SC1=S. The van der Waals surface area contributed by atoms with E-state index in [2.05, 4.69) is 0 Å². The summed E-state index contributed by atoms with van der Waals surface area (Å²) >= 11 is 6.20. The summed E-state index contributed by atoms with van der Waals surface area (Å²) in [6.07, 6.45) is 1.43. The monoisotopic (exact) mass is 368 g/mol. The lowest BCUT2D eigenvalue weighted by atomic mass is 10.2. The number of amides is 2. The van der Waals surface area contributed by atoms with Crippen molar-refractivity contribution in [2.24, 2.45) is 0 Å². The van der Waals surface area contributed by atoms with E-state index >= 15 is 0 Å². The van der Waals surface area contributed by atoms with E-state index in [0.29, 0.717) is 12.1 Å². The number of thioether (sulfide) groups is 1. The molecule has 1 heterocycles. The van der Waals surface area contributed by atoms with Crippen molar-refractivity contribution < 1.29 is 19.1 Å². The second-order valence-corrected chi connectivity index (χ2v) is 6.66. The third-order valence-electron chi connectivity index (χ3n) is 3.46. The number of hydrogen-bond donors (Lipinski definition) is 1. The van der Waals surface area contributed by atoms with E-state index in [-0.39, 0.29) is 34.8 Å². The predicted molar refractivity (Wildman–Crippen MR) is 95.6 cm³/mol. The van der Waals surface area contributed by atoms with Gasteiger partial charge in [-0.2, -0.15) is 0 Å². The molecular weight excluding hydrogens is 351 g/mol. The zero-order valence-electron chi connectivity index (χ0n) is 13.1. The highest BCUT2D eigenvalue weighted by atomic mass is 32.2. The lowest BCUT2D eigenvalue weighted by Crippen LogP contribution is -2.43. The molecule has 5 nitrogen and oxygen atoms in total. The summed E-state index contributed by atoms with van der Waals surface area (Å²) in [5.41, 5.74) is 0.291. The molecule has 1 aliphatic rings. The first-order valence-electron chi connectivity index (χ1n) is 7.36. The van der Waals surface area contributed by atoms with Crippen LogP contribution in [0.4, 0.5) is 4.39 Å². The fourth-order valence-corrected chi connectivity index (χ4v) is 3.43. The zero-order valence-corrected chi connectivity index (χ0v) is 14.7. The number of halogens is 1. The predicted octanol–water partition coefficient (Wildman–Crippen LogP) is 1.87. The van der Waals surface area contributed by atoms with Crippen LogP contribution in [0.5, 0.6) is 0 Å². The summed E-state index contributed by atoms with van der Waals surface area (Å²) < 4.78 is 14.0. The molecule has 1 fully saturated rings. The zero-order chi connectivity index (χ0) is 17.7. The van der Waals surface area contributed by atoms with E-state index in [1.54, 1.807) is 25.1 Å². The minimum atomic E-state index is -0.432. The first-order valence-corrected chi connectivity index (χ1v) is 8.59. The number of rotatable bonds is 6. The topological polar surface area (TPSA) is 60.9 Å². The van der Waals surface area contributed by atoms with Gasteiger partial charge in [0.2, 0.25) is 5.91 Å². The van der Waals surface area contributed by atoms with Crippen LogP contribution in [0.3, 0.4) is 0 Å². The van der Waals surface area contributed by atoms with E-state index in [9.17, 15) is 14.0 Å². The Morgan fingerprint density at radius 3 is 2.79 bits per heavy atom. The molecule has 0 spiro atoms. The Morgan fingerprint density at radius 1 is 1.46 bits per heavy atom. The minimum Gasteiger partial charge on any atom is -0.395 e. The number of aliphatic hydroxyl groups is 1. The van der Waals surface area contributed by atoms with Gasteiger partial charge in [-0.15, -0.1) is 0 Å². The van der Waals surface area contributed by atoms with E-state index in [4.69, 9.17) is 17.3 Å². The van der Waals surface area contributed by atoms with E-state index < -0.39 is 11.7 Å². The molecule has 0 unspecified atom stereocenters. The van der Waals surface area contributed by atoms with Gasteiger partial charge in [0.15, 0.2) is 0 Å². The number of nitrogens with zero attached hydrogens (tertiary/aromatic N) is 2. The average molecular weight is 368 g/mol. The summed E-state index contributed by atoms with van der Waals surface area (Å²) in [6, 6.07) is 6.11. The molecule has 0 bridgehead atoms. The number of thiocarbonyl (C=S) groups is 1. The third kappa shape index (κ3) is 4.19. The molecule has 1 aromatic carbocycles. The van der Waals surface area contributed by atoms with Crippen molar-refractivity contribution in [2.75, 3.05) is 26.2 Å². The first kappa shape index (κ1) is 18.6. The van der Waals surface area contributed by atoms with Crippen LogP contribution in [0, 0.1) is 5.82 Å². The Hall–Kier alpha value is -1.77. The van der Waals surface area contributed by atoms with E-state index in [1.165, 1.54) is 21.9 Å². The highest BCUT2D eigenvalue weighted by molar-refractivity contribution is 8.26. The van der Waals surface area contributed by atoms with Gasteiger partial charge in [0.25, 0.3) is 5.91 Å². The Bertz CT molecular complexity index is 694. The largest absolute Gasteiger partial charge is 0.395 e. The van der Waals surface area contributed by atoms with Gasteiger partial charge in [-0.1, -0.05) is 42.2 Å². The van der Waals surface area contributed by atoms with Crippen molar-refractivity contribution in [3.8, 4) is 0 Å². The molecule has 0 aliphatic carbocycles. The van der Waals surface area contributed by atoms with Gasteiger partial charge in [-0.3, -0.25) is 14.5 Å². The summed E-state index contributed by atoms with van der Waals surface area (Å²) in [5.74, 6) is -1.14. The van der Waals surface area contributed by atoms with Crippen LogP contribution >= 0.6 is 24.0 Å². The molecular formula is C16H17FN2O3S2. The van der Waals surface area contributed by atoms with Crippen molar-refractivity contribution in [1.82, 2.24) is 9.80 Å². The Labute approximate surface area is 149 Å². The summed E-state index contributed by atoms with van der Waals surface area (Å²) in [5, 5.41) is 8.96. The van der Waals surface area contributed by atoms with Crippen molar-refractivity contribution in [3.05, 3.63) is 40.6 Å². The number of hydrogen-bond acceptors (Lipinski definition) is 5. The molecule has 2 amide bonds. The maximum atomic E-state index is 13.7.